The Morgan fingerprint density at radius 1 is 1.29 bits per heavy atom. The number of nitrogens with one attached hydrogen (secondary N) is 1. The van der Waals surface area contributed by atoms with Crippen molar-refractivity contribution in [3.05, 3.63) is 0 Å². The van der Waals surface area contributed by atoms with E-state index in [9.17, 15) is 0 Å². The number of piperidine rings is 1. The lowest BCUT2D eigenvalue weighted by Crippen LogP contribution is -2.43. The molecule has 2 nitrogen and oxygen atoms in total. The molecule has 1 fully saturated rings. The number of thioether (sulfide) groups is 1. The molecular weight excluding hydrogens is 192 g/mol. The van der Waals surface area contributed by atoms with Crippen molar-refractivity contribution in [3.8, 4) is 0 Å². The first kappa shape index (κ1) is 12.3. The fraction of sp³-hybridized carbons (Fsp3) is 1.00. The van der Waals surface area contributed by atoms with Gasteiger partial charge in [0, 0.05) is 24.9 Å². The van der Waals surface area contributed by atoms with Gasteiger partial charge in [-0.2, -0.15) is 11.8 Å². The number of nitrogens with zero attached hydrogens (tertiary/aromatic N) is 1. The Labute approximate surface area is 92.8 Å². The van der Waals surface area contributed by atoms with E-state index in [1.807, 2.05) is 11.8 Å². The summed E-state index contributed by atoms with van der Waals surface area (Å²) >= 11 is 1.91. The highest BCUT2D eigenvalue weighted by atomic mass is 32.2. The van der Waals surface area contributed by atoms with Crippen molar-refractivity contribution in [2.24, 2.45) is 0 Å². The van der Waals surface area contributed by atoms with Gasteiger partial charge in [-0.1, -0.05) is 6.42 Å². The molecule has 3 heteroatoms. The van der Waals surface area contributed by atoms with Gasteiger partial charge in [0.05, 0.1) is 0 Å². The molecule has 1 unspecified atom stereocenters. The minimum Gasteiger partial charge on any atom is -0.314 e. The standard InChI is InChI=1S/C11H24N2S/c1-11(10-12-6-9-14-2)13-7-4-3-5-8-13/h11-12H,3-10H2,1-2H3. The van der Waals surface area contributed by atoms with Gasteiger partial charge in [0.15, 0.2) is 0 Å². The van der Waals surface area contributed by atoms with E-state index >= 15 is 0 Å². The number of likely N-dealkylation sites (tertiary alicyclic amines) is 1. The first-order chi connectivity index (χ1) is 6.84. The van der Waals surface area contributed by atoms with Crippen LogP contribution in [-0.2, 0) is 0 Å². The average Bonchev–Trinajstić information content (AvgIpc) is 2.25. The highest BCUT2D eigenvalue weighted by molar-refractivity contribution is 7.98. The average molecular weight is 216 g/mol. The van der Waals surface area contributed by atoms with E-state index in [4.69, 9.17) is 0 Å². The van der Waals surface area contributed by atoms with Crippen molar-refractivity contribution in [1.29, 1.82) is 0 Å². The zero-order chi connectivity index (χ0) is 10.2. The molecule has 0 bridgehead atoms. The lowest BCUT2D eigenvalue weighted by atomic mass is 10.1. The molecule has 0 amide bonds. The Morgan fingerprint density at radius 3 is 2.64 bits per heavy atom. The van der Waals surface area contributed by atoms with Gasteiger partial charge >= 0.3 is 0 Å². The third-order valence-electron chi connectivity index (χ3n) is 2.94. The molecule has 14 heavy (non-hydrogen) atoms. The van der Waals surface area contributed by atoms with Crippen LogP contribution >= 0.6 is 11.8 Å². The quantitative estimate of drug-likeness (QED) is 0.682. The summed E-state index contributed by atoms with van der Waals surface area (Å²) in [4.78, 5) is 2.62. The zero-order valence-electron chi connectivity index (χ0n) is 9.59. The molecule has 0 spiro atoms. The molecule has 0 saturated carbocycles. The van der Waals surface area contributed by atoms with E-state index in [1.54, 1.807) is 0 Å². The third-order valence-corrected chi connectivity index (χ3v) is 3.55. The van der Waals surface area contributed by atoms with E-state index in [-0.39, 0.29) is 0 Å². The van der Waals surface area contributed by atoms with Crippen LogP contribution in [-0.4, -0.2) is 49.1 Å². The van der Waals surface area contributed by atoms with Crippen LogP contribution < -0.4 is 5.32 Å². The molecule has 0 aliphatic carbocycles. The second-order valence-electron chi connectivity index (χ2n) is 4.14. The summed E-state index contributed by atoms with van der Waals surface area (Å²) in [7, 11) is 0. The summed E-state index contributed by atoms with van der Waals surface area (Å²) in [5.74, 6) is 1.23. The summed E-state index contributed by atoms with van der Waals surface area (Å²) in [6, 6.07) is 0.720. The van der Waals surface area contributed by atoms with Gasteiger partial charge in [-0.05, 0) is 39.1 Å². The largest absolute Gasteiger partial charge is 0.314 e. The van der Waals surface area contributed by atoms with Gasteiger partial charge in [-0.25, -0.2) is 0 Å². The maximum Gasteiger partial charge on any atom is 0.0192 e. The van der Waals surface area contributed by atoms with E-state index in [0.29, 0.717) is 0 Å². The Balaban J connectivity index is 2.04. The Bertz CT molecular complexity index is 135. The molecule has 0 radical (unpaired) electrons. The van der Waals surface area contributed by atoms with Crippen molar-refractivity contribution in [3.63, 3.8) is 0 Å². The van der Waals surface area contributed by atoms with Gasteiger partial charge in [0.1, 0.15) is 0 Å². The van der Waals surface area contributed by atoms with Crippen LogP contribution in [0.4, 0.5) is 0 Å². The predicted octanol–water partition coefficient (Wildman–Crippen LogP) is 1.81. The smallest absolute Gasteiger partial charge is 0.0192 e. The van der Waals surface area contributed by atoms with Crippen molar-refractivity contribution >= 4 is 11.8 Å². The molecule has 1 atom stereocenters. The van der Waals surface area contributed by atoms with Crippen molar-refractivity contribution < 1.29 is 0 Å². The Hall–Kier alpha value is 0.270. The van der Waals surface area contributed by atoms with Crippen LogP contribution in [0.3, 0.4) is 0 Å². The van der Waals surface area contributed by atoms with E-state index < -0.39 is 0 Å². The highest BCUT2D eigenvalue weighted by Gasteiger charge is 2.15. The third kappa shape index (κ3) is 4.67. The van der Waals surface area contributed by atoms with Crippen molar-refractivity contribution in [2.45, 2.75) is 32.2 Å². The normalized spacial score (nSPS) is 21.0. The lowest BCUT2D eigenvalue weighted by Gasteiger charge is -2.32. The van der Waals surface area contributed by atoms with Crippen molar-refractivity contribution in [1.82, 2.24) is 10.2 Å². The molecule has 1 heterocycles. The maximum absolute atomic E-state index is 3.52. The minimum atomic E-state index is 0.720. The maximum atomic E-state index is 3.52. The minimum absolute atomic E-state index is 0.720. The fourth-order valence-electron chi connectivity index (χ4n) is 1.97. The second-order valence-corrected chi connectivity index (χ2v) is 5.13. The molecule has 1 aliphatic rings. The van der Waals surface area contributed by atoms with Crippen LogP contribution in [0.1, 0.15) is 26.2 Å². The number of hydrogen-bond donors (Lipinski definition) is 1. The second kappa shape index (κ2) is 7.55. The van der Waals surface area contributed by atoms with E-state index in [0.717, 1.165) is 19.1 Å². The summed E-state index contributed by atoms with van der Waals surface area (Å²) in [6.07, 6.45) is 6.39. The number of rotatable bonds is 6. The van der Waals surface area contributed by atoms with Gasteiger partial charge in [-0.15, -0.1) is 0 Å². The zero-order valence-corrected chi connectivity index (χ0v) is 10.4. The predicted molar refractivity (Wildman–Crippen MR) is 66.1 cm³/mol. The summed E-state index contributed by atoms with van der Waals surface area (Å²) < 4.78 is 0. The molecular formula is C11H24N2S. The fourth-order valence-corrected chi connectivity index (χ4v) is 2.32. The van der Waals surface area contributed by atoms with Crippen LogP contribution in [0.2, 0.25) is 0 Å². The molecule has 1 rings (SSSR count). The van der Waals surface area contributed by atoms with Gasteiger partial charge in [0.2, 0.25) is 0 Å². The molecule has 1 N–H and O–H groups in total. The Morgan fingerprint density at radius 2 is 2.00 bits per heavy atom. The van der Waals surface area contributed by atoms with Crippen LogP contribution in [0.25, 0.3) is 0 Å². The highest BCUT2D eigenvalue weighted by Crippen LogP contribution is 2.11. The molecule has 0 aromatic rings. The molecule has 1 aliphatic heterocycles. The molecule has 84 valence electrons. The lowest BCUT2D eigenvalue weighted by molar-refractivity contribution is 0.171. The van der Waals surface area contributed by atoms with Crippen LogP contribution in [0.5, 0.6) is 0 Å². The van der Waals surface area contributed by atoms with Gasteiger partial charge in [0.25, 0.3) is 0 Å². The van der Waals surface area contributed by atoms with Crippen LogP contribution in [0, 0.1) is 0 Å². The van der Waals surface area contributed by atoms with Crippen LogP contribution in [0.15, 0.2) is 0 Å². The molecule has 0 aromatic carbocycles. The molecule has 1 saturated heterocycles. The molecule has 0 aromatic heterocycles. The number of hydrogen-bond acceptors (Lipinski definition) is 3. The van der Waals surface area contributed by atoms with Gasteiger partial charge < -0.3 is 5.32 Å². The summed E-state index contributed by atoms with van der Waals surface area (Å²) in [5, 5.41) is 3.52. The summed E-state index contributed by atoms with van der Waals surface area (Å²) in [5.41, 5.74) is 0. The van der Waals surface area contributed by atoms with E-state index in [1.165, 1.54) is 38.1 Å². The van der Waals surface area contributed by atoms with Gasteiger partial charge in [-0.3, -0.25) is 4.90 Å². The SMILES string of the molecule is CSCCNCC(C)N1CCCCC1. The topological polar surface area (TPSA) is 15.3 Å². The van der Waals surface area contributed by atoms with E-state index in [2.05, 4.69) is 23.4 Å². The van der Waals surface area contributed by atoms with Crippen molar-refractivity contribution in [2.75, 3.05) is 38.2 Å². The first-order valence-corrected chi connectivity index (χ1v) is 7.17. The monoisotopic (exact) mass is 216 g/mol. The summed E-state index contributed by atoms with van der Waals surface area (Å²) in [6.45, 7) is 7.27. The first-order valence-electron chi connectivity index (χ1n) is 5.78. The Kier molecular flexibility index (Phi) is 6.65.